The fraction of sp³-hybridized carbons (Fsp3) is 1.00. The van der Waals surface area contributed by atoms with Gasteiger partial charge in [-0.05, 0) is 25.8 Å². The maximum Gasteiger partial charge on any atom is 0.0667 e. The molecule has 0 aliphatic heterocycles. The maximum atomic E-state index is 9.59. The van der Waals surface area contributed by atoms with E-state index in [2.05, 4.69) is 18.7 Å². The van der Waals surface area contributed by atoms with Crippen molar-refractivity contribution in [2.75, 3.05) is 13.1 Å². The number of nitrogens with zero attached hydrogens (tertiary/aromatic N) is 1. The van der Waals surface area contributed by atoms with Crippen molar-refractivity contribution in [1.29, 1.82) is 0 Å². The van der Waals surface area contributed by atoms with E-state index in [1.807, 2.05) is 0 Å². The Kier molecular flexibility index (Phi) is 4.02. The number of hydrogen-bond acceptors (Lipinski definition) is 2. The highest BCUT2D eigenvalue weighted by molar-refractivity contribution is 4.84. The van der Waals surface area contributed by atoms with Gasteiger partial charge in [-0.15, -0.1) is 0 Å². The van der Waals surface area contributed by atoms with E-state index in [1.165, 1.54) is 12.8 Å². The van der Waals surface area contributed by atoms with Crippen molar-refractivity contribution in [2.45, 2.75) is 51.7 Å². The molecule has 1 N–H and O–H groups in total. The summed E-state index contributed by atoms with van der Waals surface area (Å²) in [5.41, 5.74) is 0. The molecule has 0 radical (unpaired) electrons. The van der Waals surface area contributed by atoms with Crippen LogP contribution < -0.4 is 0 Å². The fourth-order valence-electron chi connectivity index (χ4n) is 1.67. The number of hydrogen-bond donors (Lipinski definition) is 1. The lowest BCUT2D eigenvalue weighted by atomic mass is 10.2. The molecule has 0 saturated heterocycles. The van der Waals surface area contributed by atoms with Gasteiger partial charge in [0.05, 0.1) is 6.10 Å². The number of likely N-dealkylation sites (N-methyl/N-ethyl adjacent to an activating group) is 1. The zero-order chi connectivity index (χ0) is 8.97. The molecule has 0 heterocycles. The Bertz CT molecular complexity index is 123. The Morgan fingerprint density at radius 3 is 2.50 bits per heavy atom. The van der Waals surface area contributed by atoms with Gasteiger partial charge in [0.25, 0.3) is 0 Å². The van der Waals surface area contributed by atoms with Gasteiger partial charge in [-0.1, -0.05) is 20.3 Å². The first kappa shape index (κ1) is 10.0. The predicted octanol–water partition coefficient (Wildman–Crippen LogP) is 1.63. The average Bonchev–Trinajstić information content (AvgIpc) is 2.83. The highest BCUT2D eigenvalue weighted by Gasteiger charge is 2.28. The predicted molar refractivity (Wildman–Crippen MR) is 51.2 cm³/mol. The van der Waals surface area contributed by atoms with Gasteiger partial charge < -0.3 is 5.11 Å². The normalized spacial score (nSPS) is 20.0. The van der Waals surface area contributed by atoms with E-state index in [0.717, 1.165) is 32.0 Å². The first-order valence-corrected chi connectivity index (χ1v) is 5.20. The van der Waals surface area contributed by atoms with Gasteiger partial charge >= 0.3 is 0 Å². The topological polar surface area (TPSA) is 23.5 Å². The summed E-state index contributed by atoms with van der Waals surface area (Å²) in [6.45, 7) is 6.27. The van der Waals surface area contributed by atoms with Crippen molar-refractivity contribution in [3.05, 3.63) is 0 Å². The van der Waals surface area contributed by atoms with Crippen LogP contribution in [0.1, 0.15) is 39.5 Å². The van der Waals surface area contributed by atoms with Crippen molar-refractivity contribution < 1.29 is 5.11 Å². The zero-order valence-corrected chi connectivity index (χ0v) is 8.29. The second kappa shape index (κ2) is 4.83. The van der Waals surface area contributed by atoms with Gasteiger partial charge in [0, 0.05) is 12.6 Å². The second-order valence-corrected chi connectivity index (χ2v) is 3.76. The van der Waals surface area contributed by atoms with Crippen molar-refractivity contribution in [2.24, 2.45) is 0 Å². The molecule has 1 aliphatic rings. The standard InChI is InChI=1S/C10H21NO/c1-3-5-10(12)8-11(4-2)9-6-7-9/h9-10,12H,3-8H2,1-2H3. The van der Waals surface area contributed by atoms with Crippen LogP contribution in [0.25, 0.3) is 0 Å². The highest BCUT2D eigenvalue weighted by atomic mass is 16.3. The first-order chi connectivity index (χ1) is 5.77. The van der Waals surface area contributed by atoms with E-state index in [-0.39, 0.29) is 6.10 Å². The monoisotopic (exact) mass is 171 g/mol. The Morgan fingerprint density at radius 1 is 1.42 bits per heavy atom. The van der Waals surface area contributed by atoms with Gasteiger partial charge in [0.2, 0.25) is 0 Å². The number of aliphatic hydroxyl groups excluding tert-OH is 1. The van der Waals surface area contributed by atoms with Crippen molar-refractivity contribution >= 4 is 0 Å². The summed E-state index contributed by atoms with van der Waals surface area (Å²) in [5, 5.41) is 9.59. The molecule has 1 unspecified atom stereocenters. The quantitative estimate of drug-likeness (QED) is 0.656. The van der Waals surface area contributed by atoms with Crippen LogP contribution in [0.2, 0.25) is 0 Å². The SMILES string of the molecule is CCCC(O)CN(CC)C1CC1. The Balaban J connectivity index is 2.16. The van der Waals surface area contributed by atoms with E-state index in [1.54, 1.807) is 0 Å². The Morgan fingerprint density at radius 2 is 2.08 bits per heavy atom. The van der Waals surface area contributed by atoms with Crippen LogP contribution in [-0.4, -0.2) is 35.2 Å². The summed E-state index contributed by atoms with van der Waals surface area (Å²) in [6, 6.07) is 0.793. The molecule has 72 valence electrons. The van der Waals surface area contributed by atoms with Crippen LogP contribution in [-0.2, 0) is 0 Å². The van der Waals surface area contributed by atoms with Gasteiger partial charge in [-0.25, -0.2) is 0 Å². The molecule has 1 atom stereocenters. The largest absolute Gasteiger partial charge is 0.392 e. The summed E-state index contributed by atoms with van der Waals surface area (Å²) < 4.78 is 0. The molecule has 1 saturated carbocycles. The smallest absolute Gasteiger partial charge is 0.0667 e. The number of aliphatic hydroxyl groups is 1. The molecule has 1 fully saturated rings. The highest BCUT2D eigenvalue weighted by Crippen LogP contribution is 2.26. The summed E-state index contributed by atoms with van der Waals surface area (Å²) in [4.78, 5) is 2.40. The van der Waals surface area contributed by atoms with Crippen LogP contribution in [0.3, 0.4) is 0 Å². The van der Waals surface area contributed by atoms with E-state index in [0.29, 0.717) is 0 Å². The maximum absolute atomic E-state index is 9.59. The van der Waals surface area contributed by atoms with Crippen molar-refractivity contribution in [1.82, 2.24) is 4.90 Å². The minimum absolute atomic E-state index is 0.101. The van der Waals surface area contributed by atoms with Gasteiger partial charge in [-0.2, -0.15) is 0 Å². The van der Waals surface area contributed by atoms with Crippen LogP contribution in [0.15, 0.2) is 0 Å². The molecular formula is C10H21NO. The lowest BCUT2D eigenvalue weighted by molar-refractivity contribution is 0.103. The first-order valence-electron chi connectivity index (χ1n) is 5.20. The summed E-state index contributed by atoms with van der Waals surface area (Å²) in [5.74, 6) is 0. The van der Waals surface area contributed by atoms with Crippen molar-refractivity contribution in [3.63, 3.8) is 0 Å². The van der Waals surface area contributed by atoms with E-state index < -0.39 is 0 Å². The van der Waals surface area contributed by atoms with Crippen molar-refractivity contribution in [3.8, 4) is 0 Å². The fourth-order valence-corrected chi connectivity index (χ4v) is 1.67. The molecule has 0 aromatic carbocycles. The summed E-state index contributed by atoms with van der Waals surface area (Å²) in [6.07, 6.45) is 4.61. The third-order valence-corrected chi connectivity index (χ3v) is 2.54. The Labute approximate surface area is 75.6 Å². The molecule has 0 aromatic rings. The second-order valence-electron chi connectivity index (χ2n) is 3.76. The van der Waals surface area contributed by atoms with Gasteiger partial charge in [0.1, 0.15) is 0 Å². The minimum atomic E-state index is -0.101. The molecule has 2 heteroatoms. The van der Waals surface area contributed by atoms with E-state index >= 15 is 0 Å². The molecule has 12 heavy (non-hydrogen) atoms. The third kappa shape index (κ3) is 3.11. The molecular weight excluding hydrogens is 150 g/mol. The lowest BCUT2D eigenvalue weighted by Gasteiger charge is -2.22. The lowest BCUT2D eigenvalue weighted by Crippen LogP contribution is -2.33. The van der Waals surface area contributed by atoms with E-state index in [9.17, 15) is 5.11 Å². The molecule has 2 nitrogen and oxygen atoms in total. The molecule has 0 aromatic heterocycles. The van der Waals surface area contributed by atoms with E-state index in [4.69, 9.17) is 0 Å². The molecule has 1 rings (SSSR count). The third-order valence-electron chi connectivity index (χ3n) is 2.54. The average molecular weight is 171 g/mol. The van der Waals surface area contributed by atoms with Crippen LogP contribution in [0.5, 0.6) is 0 Å². The van der Waals surface area contributed by atoms with Gasteiger partial charge in [0.15, 0.2) is 0 Å². The minimum Gasteiger partial charge on any atom is -0.392 e. The zero-order valence-electron chi connectivity index (χ0n) is 8.29. The van der Waals surface area contributed by atoms with Crippen LogP contribution in [0, 0.1) is 0 Å². The Hall–Kier alpha value is -0.0800. The van der Waals surface area contributed by atoms with Crippen LogP contribution >= 0.6 is 0 Å². The molecule has 0 bridgehead atoms. The number of rotatable bonds is 6. The molecule has 0 amide bonds. The molecule has 0 spiro atoms. The van der Waals surface area contributed by atoms with Crippen LogP contribution in [0.4, 0.5) is 0 Å². The van der Waals surface area contributed by atoms with Gasteiger partial charge in [-0.3, -0.25) is 4.90 Å². The summed E-state index contributed by atoms with van der Waals surface area (Å²) >= 11 is 0. The summed E-state index contributed by atoms with van der Waals surface area (Å²) in [7, 11) is 0. The molecule has 1 aliphatic carbocycles.